The zero-order valence-corrected chi connectivity index (χ0v) is 12.9. The fraction of sp³-hybridized carbons (Fsp3) is 0.375. The number of nitrogens with one attached hydrogen (secondary N) is 1. The summed E-state index contributed by atoms with van der Waals surface area (Å²) in [5.74, 6) is -2.57. The number of imidazole rings is 1. The summed E-state index contributed by atoms with van der Waals surface area (Å²) in [7, 11) is 0. The lowest BCUT2D eigenvalue weighted by atomic mass is 9.96. The highest BCUT2D eigenvalue weighted by Crippen LogP contribution is 2.31. The van der Waals surface area contributed by atoms with Gasteiger partial charge in [-0.05, 0) is 31.0 Å². The van der Waals surface area contributed by atoms with E-state index in [0.29, 0.717) is 25.6 Å². The average molecular weight is 359 g/mol. The number of aromatic nitrogens is 2. The molecule has 1 N–H and O–H groups in total. The van der Waals surface area contributed by atoms with Crippen LogP contribution < -0.4 is 0 Å². The Hall–Kier alpha value is -2.45. The van der Waals surface area contributed by atoms with Gasteiger partial charge in [-0.1, -0.05) is 0 Å². The molecule has 1 fully saturated rings. The molecule has 4 nitrogen and oxygen atoms in total. The summed E-state index contributed by atoms with van der Waals surface area (Å²) in [4.78, 5) is 19.7. The Labute approximate surface area is 139 Å². The van der Waals surface area contributed by atoms with Crippen molar-refractivity contribution in [1.82, 2.24) is 14.9 Å². The van der Waals surface area contributed by atoms with E-state index >= 15 is 0 Å². The number of aromatic amines is 1. The molecule has 2 aromatic rings. The summed E-state index contributed by atoms with van der Waals surface area (Å²) in [5.41, 5.74) is -1.35. The largest absolute Gasteiger partial charge is 0.432 e. The van der Waals surface area contributed by atoms with Gasteiger partial charge in [0.15, 0.2) is 0 Å². The van der Waals surface area contributed by atoms with Gasteiger partial charge in [0, 0.05) is 19.0 Å². The van der Waals surface area contributed by atoms with E-state index < -0.39 is 40.9 Å². The van der Waals surface area contributed by atoms with Gasteiger partial charge >= 0.3 is 6.18 Å². The number of benzene rings is 1. The normalized spacial score (nSPS) is 18.4. The van der Waals surface area contributed by atoms with Gasteiger partial charge in [0.2, 0.25) is 0 Å². The van der Waals surface area contributed by atoms with Crippen molar-refractivity contribution in [1.29, 1.82) is 0 Å². The van der Waals surface area contributed by atoms with Crippen LogP contribution in [0.3, 0.4) is 0 Å². The number of hydrogen-bond donors (Lipinski definition) is 1. The first-order valence-corrected chi connectivity index (χ1v) is 7.62. The number of piperidine rings is 1. The smallest absolute Gasteiger partial charge is 0.338 e. The van der Waals surface area contributed by atoms with Gasteiger partial charge in [-0.25, -0.2) is 13.8 Å². The van der Waals surface area contributed by atoms with Crippen molar-refractivity contribution >= 4 is 5.91 Å². The predicted octanol–water partition coefficient (Wildman–Crippen LogP) is 3.73. The number of likely N-dealkylation sites (tertiary alicyclic amines) is 1. The molecule has 134 valence electrons. The molecule has 0 spiro atoms. The van der Waals surface area contributed by atoms with Crippen LogP contribution in [-0.4, -0.2) is 33.9 Å². The first kappa shape index (κ1) is 17.4. The van der Waals surface area contributed by atoms with Crippen molar-refractivity contribution in [2.75, 3.05) is 13.1 Å². The standard InChI is InChI=1S/C16H14F5N3O/c17-10-3-4-12(18)11(6-10)15(25)24-5-1-2-9(8-24)14-22-7-13(23-14)16(19,20)21/h3-4,6-7,9H,1-2,5,8H2,(H,22,23). The zero-order chi connectivity index (χ0) is 18.2. The highest BCUT2D eigenvalue weighted by molar-refractivity contribution is 5.94. The minimum Gasteiger partial charge on any atom is -0.338 e. The number of alkyl halides is 3. The SMILES string of the molecule is O=C(c1cc(F)ccc1F)N1CCCC(c2ncc(C(F)(F)F)[nH]2)C1. The van der Waals surface area contributed by atoms with Gasteiger partial charge in [-0.15, -0.1) is 0 Å². The van der Waals surface area contributed by atoms with Gasteiger partial charge in [-0.3, -0.25) is 4.79 Å². The number of carbonyl (C=O) groups excluding carboxylic acids is 1. The molecule has 0 bridgehead atoms. The van der Waals surface area contributed by atoms with E-state index in [1.165, 1.54) is 4.90 Å². The van der Waals surface area contributed by atoms with E-state index in [9.17, 15) is 26.7 Å². The number of hydrogen-bond acceptors (Lipinski definition) is 2. The monoisotopic (exact) mass is 359 g/mol. The van der Waals surface area contributed by atoms with Gasteiger partial charge in [0.25, 0.3) is 5.91 Å². The Bertz CT molecular complexity index is 786. The molecule has 9 heteroatoms. The van der Waals surface area contributed by atoms with Crippen LogP contribution in [0.5, 0.6) is 0 Å². The molecule has 1 amide bonds. The maximum absolute atomic E-state index is 13.8. The van der Waals surface area contributed by atoms with Crippen molar-refractivity contribution in [3.63, 3.8) is 0 Å². The number of halogens is 5. The molecule has 1 aliphatic rings. The molecule has 2 heterocycles. The van der Waals surface area contributed by atoms with Crippen LogP contribution in [0, 0.1) is 11.6 Å². The minimum atomic E-state index is -4.53. The zero-order valence-electron chi connectivity index (χ0n) is 12.9. The first-order valence-electron chi connectivity index (χ1n) is 7.62. The second kappa shape index (κ2) is 6.45. The maximum Gasteiger partial charge on any atom is 0.432 e. The third-order valence-electron chi connectivity index (χ3n) is 4.15. The molecule has 1 saturated heterocycles. The van der Waals surface area contributed by atoms with Crippen LogP contribution in [0.2, 0.25) is 0 Å². The minimum absolute atomic E-state index is 0.0829. The van der Waals surface area contributed by atoms with E-state index in [0.717, 1.165) is 18.2 Å². The Morgan fingerprint density at radius 1 is 1.28 bits per heavy atom. The number of carbonyl (C=O) groups is 1. The summed E-state index contributed by atoms with van der Waals surface area (Å²) in [6.07, 6.45) is -2.75. The summed E-state index contributed by atoms with van der Waals surface area (Å²) >= 11 is 0. The lowest BCUT2D eigenvalue weighted by molar-refractivity contribution is -0.141. The van der Waals surface area contributed by atoms with Crippen LogP contribution in [0.25, 0.3) is 0 Å². The second-order valence-corrected chi connectivity index (χ2v) is 5.89. The second-order valence-electron chi connectivity index (χ2n) is 5.89. The highest BCUT2D eigenvalue weighted by atomic mass is 19.4. The topological polar surface area (TPSA) is 49.0 Å². The molecule has 3 rings (SSSR count). The molecule has 1 atom stereocenters. The lowest BCUT2D eigenvalue weighted by Crippen LogP contribution is -2.39. The van der Waals surface area contributed by atoms with Crippen LogP contribution in [0.4, 0.5) is 22.0 Å². The third-order valence-corrected chi connectivity index (χ3v) is 4.15. The predicted molar refractivity (Wildman–Crippen MR) is 77.8 cm³/mol. The number of H-pyrrole nitrogens is 1. The molecule has 1 aromatic carbocycles. The lowest BCUT2D eigenvalue weighted by Gasteiger charge is -2.32. The van der Waals surface area contributed by atoms with E-state index in [2.05, 4.69) is 9.97 Å². The highest BCUT2D eigenvalue weighted by Gasteiger charge is 2.35. The van der Waals surface area contributed by atoms with Crippen molar-refractivity contribution in [3.05, 3.63) is 53.1 Å². The molecule has 1 unspecified atom stereocenters. The number of rotatable bonds is 2. The summed E-state index contributed by atoms with van der Waals surface area (Å²) in [6, 6.07) is 2.59. The van der Waals surface area contributed by atoms with Crippen molar-refractivity contribution < 1.29 is 26.7 Å². The Morgan fingerprint density at radius 3 is 2.72 bits per heavy atom. The average Bonchev–Trinajstić information content (AvgIpc) is 3.07. The van der Waals surface area contributed by atoms with Crippen molar-refractivity contribution in [2.24, 2.45) is 0 Å². The Kier molecular flexibility index (Phi) is 4.49. The van der Waals surface area contributed by atoms with Crippen LogP contribution in [-0.2, 0) is 6.18 Å². The molecule has 0 aliphatic carbocycles. The summed E-state index contributed by atoms with van der Waals surface area (Å²) < 4.78 is 65.0. The quantitative estimate of drug-likeness (QED) is 0.831. The molecule has 1 aliphatic heterocycles. The molecule has 25 heavy (non-hydrogen) atoms. The van der Waals surface area contributed by atoms with Gasteiger partial charge < -0.3 is 9.88 Å². The molecule has 1 aromatic heterocycles. The number of nitrogens with zero attached hydrogens (tertiary/aromatic N) is 2. The van der Waals surface area contributed by atoms with Crippen molar-refractivity contribution in [2.45, 2.75) is 24.9 Å². The van der Waals surface area contributed by atoms with E-state index in [1.54, 1.807) is 0 Å². The van der Waals surface area contributed by atoms with E-state index in [4.69, 9.17) is 0 Å². The van der Waals surface area contributed by atoms with Crippen LogP contribution in [0.1, 0.15) is 40.6 Å². The Balaban J connectivity index is 1.78. The first-order chi connectivity index (χ1) is 11.8. The van der Waals surface area contributed by atoms with Crippen LogP contribution in [0.15, 0.2) is 24.4 Å². The molecule has 0 radical (unpaired) electrons. The summed E-state index contributed by atoms with van der Waals surface area (Å²) in [5, 5.41) is 0. The van der Waals surface area contributed by atoms with E-state index in [-0.39, 0.29) is 12.4 Å². The Morgan fingerprint density at radius 2 is 2.04 bits per heavy atom. The third kappa shape index (κ3) is 3.64. The maximum atomic E-state index is 13.8. The van der Waals surface area contributed by atoms with Crippen molar-refractivity contribution in [3.8, 4) is 0 Å². The molecular formula is C16H14F5N3O. The number of amides is 1. The summed E-state index contributed by atoms with van der Waals surface area (Å²) in [6.45, 7) is 0.401. The molecule has 0 saturated carbocycles. The molecular weight excluding hydrogens is 345 g/mol. The van der Waals surface area contributed by atoms with Gasteiger partial charge in [0.05, 0.1) is 11.8 Å². The van der Waals surface area contributed by atoms with E-state index in [1.807, 2.05) is 0 Å². The fourth-order valence-electron chi connectivity index (χ4n) is 2.90. The van der Waals surface area contributed by atoms with Gasteiger partial charge in [0.1, 0.15) is 23.2 Å². The van der Waals surface area contributed by atoms with Gasteiger partial charge in [-0.2, -0.15) is 13.2 Å². The fourth-order valence-corrected chi connectivity index (χ4v) is 2.90. The van der Waals surface area contributed by atoms with Crippen LogP contribution >= 0.6 is 0 Å².